The van der Waals surface area contributed by atoms with Crippen LogP contribution >= 0.6 is 0 Å². The van der Waals surface area contributed by atoms with Crippen LogP contribution in [0.1, 0.15) is 23.2 Å². The van der Waals surface area contributed by atoms with Crippen molar-refractivity contribution in [1.82, 2.24) is 15.2 Å². The van der Waals surface area contributed by atoms with E-state index in [0.29, 0.717) is 11.8 Å². The van der Waals surface area contributed by atoms with Crippen molar-refractivity contribution in [2.45, 2.75) is 12.8 Å². The molecule has 2 aromatic carbocycles. The van der Waals surface area contributed by atoms with Crippen molar-refractivity contribution in [3.63, 3.8) is 0 Å². The van der Waals surface area contributed by atoms with Crippen LogP contribution in [0.5, 0.6) is 0 Å². The summed E-state index contributed by atoms with van der Waals surface area (Å²) in [5.41, 5.74) is 3.55. The average molecular weight is 371 g/mol. The lowest BCUT2D eigenvalue weighted by atomic mass is 9.92. The molecule has 0 radical (unpaired) electrons. The van der Waals surface area contributed by atoms with E-state index in [2.05, 4.69) is 10.2 Å². The van der Waals surface area contributed by atoms with E-state index in [1.54, 1.807) is 0 Å². The van der Waals surface area contributed by atoms with E-state index in [9.17, 15) is 4.79 Å². The molecule has 0 unspecified atom stereocenters. The lowest BCUT2D eigenvalue weighted by molar-refractivity contribution is 0.0760. The SMILES string of the molecule is O=C(c1cc(-c2ccccc2)nc2ccccc12)N1CC[C@@H]2CNC[C@@H]2CC1. The largest absolute Gasteiger partial charge is 0.339 e. The van der Waals surface area contributed by atoms with Crippen LogP contribution in [0.25, 0.3) is 22.2 Å². The molecule has 0 aliphatic carbocycles. The van der Waals surface area contributed by atoms with Gasteiger partial charge in [0.2, 0.25) is 0 Å². The number of pyridine rings is 1. The van der Waals surface area contributed by atoms with Gasteiger partial charge in [-0.15, -0.1) is 0 Å². The molecule has 142 valence electrons. The summed E-state index contributed by atoms with van der Waals surface area (Å²) in [5, 5.41) is 4.45. The molecule has 2 aliphatic heterocycles. The zero-order valence-electron chi connectivity index (χ0n) is 16.0. The molecule has 0 saturated carbocycles. The summed E-state index contributed by atoms with van der Waals surface area (Å²) in [5.74, 6) is 1.57. The quantitative estimate of drug-likeness (QED) is 0.741. The summed E-state index contributed by atoms with van der Waals surface area (Å²) in [4.78, 5) is 20.4. The maximum absolute atomic E-state index is 13.6. The third-order valence-electron chi connectivity index (χ3n) is 6.32. The van der Waals surface area contributed by atoms with Crippen LogP contribution in [0.3, 0.4) is 0 Å². The number of benzene rings is 2. The van der Waals surface area contributed by atoms with Gasteiger partial charge in [-0.1, -0.05) is 48.5 Å². The number of carbonyl (C=O) groups excluding carboxylic acids is 1. The van der Waals surface area contributed by atoms with Crippen LogP contribution in [-0.4, -0.2) is 42.0 Å². The van der Waals surface area contributed by atoms with Crippen molar-refractivity contribution in [2.75, 3.05) is 26.2 Å². The molecular formula is C24H25N3O. The van der Waals surface area contributed by atoms with Crippen molar-refractivity contribution in [1.29, 1.82) is 0 Å². The van der Waals surface area contributed by atoms with E-state index in [-0.39, 0.29) is 5.91 Å². The number of nitrogens with zero attached hydrogens (tertiary/aromatic N) is 2. The van der Waals surface area contributed by atoms with E-state index >= 15 is 0 Å². The predicted octanol–water partition coefficient (Wildman–Crippen LogP) is 3.97. The number of para-hydroxylation sites is 1. The maximum Gasteiger partial charge on any atom is 0.254 e. The second kappa shape index (κ2) is 7.36. The van der Waals surface area contributed by atoms with Crippen molar-refractivity contribution < 1.29 is 4.79 Å². The smallest absolute Gasteiger partial charge is 0.254 e. The van der Waals surface area contributed by atoms with Crippen LogP contribution in [0, 0.1) is 11.8 Å². The fourth-order valence-corrected chi connectivity index (χ4v) is 4.70. The number of likely N-dealkylation sites (tertiary alicyclic amines) is 1. The fourth-order valence-electron chi connectivity index (χ4n) is 4.70. The predicted molar refractivity (Wildman–Crippen MR) is 112 cm³/mol. The monoisotopic (exact) mass is 371 g/mol. The minimum Gasteiger partial charge on any atom is -0.339 e. The van der Waals surface area contributed by atoms with Crippen molar-refractivity contribution in [3.8, 4) is 11.3 Å². The molecule has 2 atom stereocenters. The summed E-state index contributed by atoms with van der Waals surface area (Å²) >= 11 is 0. The second-order valence-electron chi connectivity index (χ2n) is 7.99. The molecule has 5 rings (SSSR count). The summed E-state index contributed by atoms with van der Waals surface area (Å²) in [7, 11) is 0. The third kappa shape index (κ3) is 3.18. The molecule has 2 aliphatic rings. The number of hydrogen-bond donors (Lipinski definition) is 1. The zero-order valence-corrected chi connectivity index (χ0v) is 16.0. The van der Waals surface area contributed by atoms with E-state index in [4.69, 9.17) is 4.98 Å². The fraction of sp³-hybridized carbons (Fsp3) is 0.333. The van der Waals surface area contributed by atoms with Crippen LogP contribution in [0.15, 0.2) is 60.7 Å². The highest BCUT2D eigenvalue weighted by Gasteiger charge is 2.32. The first kappa shape index (κ1) is 17.4. The maximum atomic E-state index is 13.6. The Hall–Kier alpha value is -2.72. The number of fused-ring (bicyclic) bond motifs is 2. The first-order valence-electron chi connectivity index (χ1n) is 10.2. The molecule has 4 heteroatoms. The molecule has 1 amide bonds. The third-order valence-corrected chi connectivity index (χ3v) is 6.32. The molecule has 1 aromatic heterocycles. The van der Waals surface area contributed by atoms with E-state index < -0.39 is 0 Å². The average Bonchev–Trinajstić information content (AvgIpc) is 3.11. The van der Waals surface area contributed by atoms with Gasteiger partial charge in [0.05, 0.1) is 16.8 Å². The van der Waals surface area contributed by atoms with Crippen molar-refractivity contribution in [2.24, 2.45) is 11.8 Å². The molecule has 3 heterocycles. The number of aromatic nitrogens is 1. The van der Waals surface area contributed by atoms with Crippen LogP contribution in [0.4, 0.5) is 0 Å². The standard InChI is InChI=1S/C24H25N3O/c28-24(27-12-10-18-15-25-16-19(18)11-13-27)21-14-23(17-6-2-1-3-7-17)26-22-9-5-4-8-20(21)22/h1-9,14,18-19,25H,10-13,15-16H2/t18-,19+. The zero-order chi connectivity index (χ0) is 18.9. The molecule has 0 bridgehead atoms. The Labute approximate surface area is 165 Å². The second-order valence-corrected chi connectivity index (χ2v) is 7.99. The number of rotatable bonds is 2. The normalized spacial score (nSPS) is 22.1. The first-order valence-corrected chi connectivity index (χ1v) is 10.2. The number of amides is 1. The molecule has 1 N–H and O–H groups in total. The van der Waals surface area contributed by atoms with Gasteiger partial charge in [0.25, 0.3) is 5.91 Å². The Bertz CT molecular complexity index is 987. The highest BCUT2D eigenvalue weighted by Crippen LogP contribution is 2.30. The Morgan fingerprint density at radius 2 is 1.61 bits per heavy atom. The molecule has 3 aromatic rings. The summed E-state index contributed by atoms with van der Waals surface area (Å²) < 4.78 is 0. The van der Waals surface area contributed by atoms with Gasteiger partial charge >= 0.3 is 0 Å². The molecule has 0 spiro atoms. The number of nitrogens with one attached hydrogen (secondary N) is 1. The highest BCUT2D eigenvalue weighted by atomic mass is 16.2. The van der Waals surface area contributed by atoms with Crippen molar-refractivity contribution >= 4 is 16.8 Å². The Morgan fingerprint density at radius 3 is 2.36 bits per heavy atom. The lowest BCUT2D eigenvalue weighted by Gasteiger charge is -2.22. The van der Waals surface area contributed by atoms with Crippen molar-refractivity contribution in [3.05, 3.63) is 66.2 Å². The minimum atomic E-state index is 0.142. The van der Waals surface area contributed by atoms with Gasteiger partial charge in [0.15, 0.2) is 0 Å². The first-order chi connectivity index (χ1) is 13.8. The molecule has 4 nitrogen and oxygen atoms in total. The lowest BCUT2D eigenvalue weighted by Crippen LogP contribution is -2.33. The molecule has 2 saturated heterocycles. The summed E-state index contributed by atoms with van der Waals surface area (Å²) in [6.07, 6.45) is 2.19. The summed E-state index contributed by atoms with van der Waals surface area (Å²) in [6.45, 7) is 3.89. The van der Waals surface area contributed by atoms with Gasteiger partial charge in [-0.3, -0.25) is 4.79 Å². The van der Waals surface area contributed by atoms with Gasteiger partial charge in [-0.05, 0) is 49.9 Å². The van der Waals surface area contributed by atoms with E-state index in [1.807, 2.05) is 60.7 Å². The Morgan fingerprint density at radius 1 is 0.929 bits per heavy atom. The Balaban J connectivity index is 1.53. The molecule has 28 heavy (non-hydrogen) atoms. The Kier molecular flexibility index (Phi) is 4.57. The summed E-state index contributed by atoms with van der Waals surface area (Å²) in [6, 6.07) is 20.1. The van der Waals surface area contributed by atoms with Gasteiger partial charge in [0, 0.05) is 24.0 Å². The van der Waals surface area contributed by atoms with Gasteiger partial charge in [-0.2, -0.15) is 0 Å². The number of carbonyl (C=O) groups is 1. The molecular weight excluding hydrogens is 346 g/mol. The number of hydrogen-bond acceptors (Lipinski definition) is 3. The van der Waals surface area contributed by atoms with Gasteiger partial charge in [0.1, 0.15) is 0 Å². The van der Waals surface area contributed by atoms with Gasteiger partial charge < -0.3 is 10.2 Å². The van der Waals surface area contributed by atoms with Gasteiger partial charge in [-0.25, -0.2) is 4.98 Å². The van der Waals surface area contributed by atoms with Crippen LogP contribution < -0.4 is 5.32 Å². The molecule has 2 fully saturated rings. The van der Waals surface area contributed by atoms with Crippen LogP contribution in [-0.2, 0) is 0 Å². The van der Waals surface area contributed by atoms with E-state index in [0.717, 1.165) is 66.7 Å². The van der Waals surface area contributed by atoms with E-state index in [1.165, 1.54) is 0 Å². The highest BCUT2D eigenvalue weighted by molar-refractivity contribution is 6.07. The van der Waals surface area contributed by atoms with Crippen LogP contribution in [0.2, 0.25) is 0 Å². The minimum absolute atomic E-state index is 0.142. The topological polar surface area (TPSA) is 45.2 Å².